The second-order valence-electron chi connectivity index (χ2n) is 13.4. The summed E-state index contributed by atoms with van der Waals surface area (Å²) in [5.74, 6) is -2.38. The predicted molar refractivity (Wildman–Crippen MR) is 171 cm³/mol. The number of cyclic esters (lactones) is 1. The fourth-order valence-corrected chi connectivity index (χ4v) is 6.64. The molecule has 0 N–H and O–H groups in total. The highest BCUT2D eigenvalue weighted by Gasteiger charge is 2.44. The minimum atomic E-state index is -5.09. The number of nitrogens with zero attached hydrogens (tertiary/aromatic N) is 1. The molecular formula is C37H35F8NO5. The lowest BCUT2D eigenvalue weighted by molar-refractivity contribution is -0.143. The maximum atomic E-state index is 15.5. The van der Waals surface area contributed by atoms with Crippen LogP contribution < -0.4 is 4.74 Å². The summed E-state index contributed by atoms with van der Waals surface area (Å²) in [6, 6.07) is 6.34. The quantitative estimate of drug-likeness (QED) is 0.171. The van der Waals surface area contributed by atoms with Gasteiger partial charge in [0.1, 0.15) is 23.5 Å². The Bertz CT molecular complexity index is 1850. The van der Waals surface area contributed by atoms with Crippen LogP contribution in [0.1, 0.15) is 85.7 Å². The summed E-state index contributed by atoms with van der Waals surface area (Å²) in [6.07, 6.45) is -11.0. The van der Waals surface area contributed by atoms with Gasteiger partial charge >= 0.3 is 24.4 Å². The molecule has 14 heteroatoms. The van der Waals surface area contributed by atoms with Crippen LogP contribution in [0.4, 0.5) is 39.9 Å². The zero-order valence-electron chi connectivity index (χ0n) is 28.3. The number of benzene rings is 3. The van der Waals surface area contributed by atoms with Crippen LogP contribution >= 0.6 is 0 Å². The van der Waals surface area contributed by atoms with E-state index in [1.54, 1.807) is 6.92 Å². The van der Waals surface area contributed by atoms with Crippen molar-refractivity contribution < 1.29 is 58.9 Å². The topological polar surface area (TPSA) is 65.1 Å². The summed E-state index contributed by atoms with van der Waals surface area (Å²) >= 11 is 0. The first-order valence-electron chi connectivity index (χ1n) is 16.1. The number of rotatable bonds is 8. The van der Waals surface area contributed by atoms with Crippen molar-refractivity contribution in [3.63, 3.8) is 0 Å². The molecule has 1 amide bonds. The normalized spacial score (nSPS) is 19.3. The largest absolute Gasteiger partial charge is 0.496 e. The first-order valence-corrected chi connectivity index (χ1v) is 16.1. The zero-order chi connectivity index (χ0) is 37.6. The van der Waals surface area contributed by atoms with Crippen molar-refractivity contribution in [1.82, 2.24) is 4.90 Å². The molecule has 274 valence electrons. The molecule has 2 aliphatic rings. The van der Waals surface area contributed by atoms with Gasteiger partial charge in [-0.05, 0) is 97.2 Å². The fourth-order valence-electron chi connectivity index (χ4n) is 6.64. The van der Waals surface area contributed by atoms with E-state index in [1.807, 2.05) is 13.8 Å². The molecule has 1 heterocycles. The van der Waals surface area contributed by atoms with Gasteiger partial charge < -0.3 is 14.2 Å². The van der Waals surface area contributed by atoms with Crippen LogP contribution in [-0.4, -0.2) is 43.3 Å². The smallest absolute Gasteiger partial charge is 0.416 e. The van der Waals surface area contributed by atoms with Crippen molar-refractivity contribution in [2.75, 3.05) is 20.3 Å². The summed E-state index contributed by atoms with van der Waals surface area (Å²) in [5, 5.41) is 0. The highest BCUT2D eigenvalue weighted by molar-refractivity contribution is 5.90. The first-order chi connectivity index (χ1) is 23.7. The van der Waals surface area contributed by atoms with Gasteiger partial charge in [-0.15, -0.1) is 0 Å². The number of ether oxygens (including phenoxy) is 3. The third-order valence-electron chi connectivity index (χ3n) is 9.25. The Morgan fingerprint density at radius 2 is 1.59 bits per heavy atom. The van der Waals surface area contributed by atoms with E-state index in [1.165, 1.54) is 37.1 Å². The highest BCUT2D eigenvalue weighted by atomic mass is 19.4. The third-order valence-corrected chi connectivity index (χ3v) is 9.25. The number of carbonyl (C=O) groups excluding carboxylic acids is 2. The first kappa shape index (κ1) is 37.6. The number of hydrogen-bond acceptors (Lipinski definition) is 5. The summed E-state index contributed by atoms with van der Waals surface area (Å²) < 4.78 is 128. The molecule has 1 saturated heterocycles. The van der Waals surface area contributed by atoms with E-state index in [0.717, 1.165) is 12.1 Å². The van der Waals surface area contributed by atoms with E-state index >= 15 is 4.39 Å². The minimum absolute atomic E-state index is 0.00387. The van der Waals surface area contributed by atoms with Crippen molar-refractivity contribution in [3.8, 4) is 16.9 Å². The van der Waals surface area contributed by atoms with Crippen LogP contribution in [0.25, 0.3) is 16.7 Å². The van der Waals surface area contributed by atoms with Crippen LogP contribution in [0.3, 0.4) is 0 Å². The number of amides is 1. The molecule has 1 aliphatic heterocycles. The van der Waals surface area contributed by atoms with Crippen molar-refractivity contribution >= 4 is 17.6 Å². The molecule has 2 atom stereocenters. The SMILES string of the molecule is CCOC(=O)c1ccc(-c2cc(C3=C(CN4C(=O)O[C@H](c5cc(C(F)(F)F)cc(C(F)(F)F)c5)C4C)CC(C)(C)CC3)c(OC)cc2F)cc1F. The number of carbonyl (C=O) groups is 2. The summed E-state index contributed by atoms with van der Waals surface area (Å²) in [6.45, 7) is 6.98. The molecule has 0 radical (unpaired) electrons. The lowest BCUT2D eigenvalue weighted by Crippen LogP contribution is -2.35. The zero-order valence-corrected chi connectivity index (χ0v) is 28.3. The molecule has 1 fully saturated rings. The average molecular weight is 726 g/mol. The van der Waals surface area contributed by atoms with Gasteiger partial charge in [-0.3, -0.25) is 4.90 Å². The van der Waals surface area contributed by atoms with Crippen molar-refractivity contribution in [2.45, 2.75) is 71.5 Å². The van der Waals surface area contributed by atoms with Gasteiger partial charge in [0.15, 0.2) is 0 Å². The summed E-state index contributed by atoms with van der Waals surface area (Å²) in [4.78, 5) is 26.6. The Labute approximate surface area is 289 Å². The molecular weight excluding hydrogens is 690 g/mol. The predicted octanol–water partition coefficient (Wildman–Crippen LogP) is 10.4. The van der Waals surface area contributed by atoms with E-state index < -0.39 is 64.9 Å². The third kappa shape index (κ3) is 7.84. The molecule has 6 nitrogen and oxygen atoms in total. The lowest BCUT2D eigenvalue weighted by atomic mass is 9.72. The van der Waals surface area contributed by atoms with Crippen molar-refractivity contribution in [3.05, 3.63) is 93.6 Å². The fraction of sp³-hybridized carbons (Fsp3) is 0.405. The highest BCUT2D eigenvalue weighted by Crippen LogP contribution is 2.47. The van der Waals surface area contributed by atoms with Gasteiger partial charge in [-0.25, -0.2) is 18.4 Å². The number of hydrogen-bond donors (Lipinski definition) is 0. The van der Waals surface area contributed by atoms with Gasteiger partial charge in [0, 0.05) is 23.7 Å². The molecule has 0 spiro atoms. The maximum Gasteiger partial charge on any atom is 0.416 e. The lowest BCUT2D eigenvalue weighted by Gasteiger charge is -2.36. The Morgan fingerprint density at radius 1 is 0.941 bits per heavy atom. The van der Waals surface area contributed by atoms with Crippen LogP contribution in [0, 0.1) is 17.0 Å². The van der Waals surface area contributed by atoms with E-state index in [9.17, 15) is 40.3 Å². The molecule has 0 saturated carbocycles. The Hall–Kier alpha value is -4.62. The van der Waals surface area contributed by atoms with Crippen LogP contribution in [0.2, 0.25) is 0 Å². The number of esters is 1. The summed E-state index contributed by atoms with van der Waals surface area (Å²) in [5.41, 5.74) is -2.17. The molecule has 51 heavy (non-hydrogen) atoms. The van der Waals surface area contributed by atoms with E-state index in [-0.39, 0.29) is 47.1 Å². The maximum absolute atomic E-state index is 15.5. The minimum Gasteiger partial charge on any atom is -0.496 e. The molecule has 3 aromatic rings. The molecule has 3 aromatic carbocycles. The Kier molecular flexibility index (Phi) is 10.2. The van der Waals surface area contributed by atoms with Gasteiger partial charge in [0.25, 0.3) is 0 Å². The number of halogens is 8. The van der Waals surface area contributed by atoms with Gasteiger partial charge in [0.05, 0.1) is 36.4 Å². The molecule has 0 aromatic heterocycles. The standard InChI is InChI=1S/C37H35F8NO5/c1-6-50-33(47)26-8-7-20(13-29(26)38)27-15-28(31(49-5)16-30(27)39)25-9-10-35(3,4)17-22(25)18-46-19(2)32(51-34(46)48)21-11-23(36(40,41)42)14-24(12-21)37(43,44)45/h7-8,11-16,19,32H,6,9-10,17-18H2,1-5H3/t19?,32-/m0/s1. The Balaban J connectivity index is 1.56. The second kappa shape index (κ2) is 13.8. The number of methoxy groups -OCH3 is 1. The second-order valence-corrected chi connectivity index (χ2v) is 13.4. The molecule has 0 bridgehead atoms. The summed E-state index contributed by atoms with van der Waals surface area (Å²) in [7, 11) is 1.34. The Morgan fingerprint density at radius 3 is 2.16 bits per heavy atom. The molecule has 1 unspecified atom stereocenters. The molecule has 5 rings (SSSR count). The van der Waals surface area contributed by atoms with Gasteiger partial charge in [0.2, 0.25) is 0 Å². The van der Waals surface area contributed by atoms with E-state index in [4.69, 9.17) is 14.2 Å². The van der Waals surface area contributed by atoms with Gasteiger partial charge in [-0.2, -0.15) is 26.3 Å². The molecule has 1 aliphatic carbocycles. The number of alkyl halides is 6. The van der Waals surface area contributed by atoms with Crippen LogP contribution in [-0.2, 0) is 21.8 Å². The van der Waals surface area contributed by atoms with E-state index in [2.05, 4.69) is 0 Å². The van der Waals surface area contributed by atoms with Crippen LogP contribution in [0.15, 0.2) is 54.1 Å². The average Bonchev–Trinajstić information content (AvgIpc) is 3.32. The van der Waals surface area contributed by atoms with Crippen molar-refractivity contribution in [1.29, 1.82) is 0 Å². The van der Waals surface area contributed by atoms with Crippen molar-refractivity contribution in [2.24, 2.45) is 5.41 Å². The number of allylic oxidation sites excluding steroid dienone is 1. The van der Waals surface area contributed by atoms with Crippen LogP contribution in [0.5, 0.6) is 5.75 Å². The monoisotopic (exact) mass is 725 g/mol. The van der Waals surface area contributed by atoms with Gasteiger partial charge in [-0.1, -0.05) is 19.9 Å². The van der Waals surface area contributed by atoms with E-state index in [0.29, 0.717) is 48.1 Å².